The molecule has 21 heavy (non-hydrogen) atoms. The Bertz CT molecular complexity index is 797. The van der Waals surface area contributed by atoms with Crippen LogP contribution in [0.2, 0.25) is 0 Å². The molecule has 9 heteroatoms. The number of aromatic nitrogens is 1. The lowest BCUT2D eigenvalue weighted by Gasteiger charge is -2.10. The minimum atomic E-state index is -5.82. The van der Waals surface area contributed by atoms with Crippen molar-refractivity contribution >= 4 is 10.1 Å². The van der Waals surface area contributed by atoms with Crippen LogP contribution in [0.3, 0.4) is 0 Å². The molecule has 5 nitrogen and oxygen atoms in total. The number of hydrogen-bond acceptors (Lipinski definition) is 4. The van der Waals surface area contributed by atoms with Gasteiger partial charge in [-0.25, -0.2) is 0 Å². The van der Waals surface area contributed by atoms with Gasteiger partial charge in [0.2, 0.25) is 0 Å². The maximum absolute atomic E-state index is 12.2. The third kappa shape index (κ3) is 3.43. The number of benzene rings is 1. The van der Waals surface area contributed by atoms with E-state index in [1.54, 1.807) is 30.3 Å². The summed E-state index contributed by atoms with van der Waals surface area (Å²) < 4.78 is 62.5. The third-order valence-electron chi connectivity index (χ3n) is 2.39. The molecule has 0 spiro atoms. The molecule has 1 N–H and O–H groups in total. The van der Waals surface area contributed by atoms with Crippen LogP contribution in [0, 0.1) is 0 Å². The maximum atomic E-state index is 12.2. The van der Waals surface area contributed by atoms with E-state index in [9.17, 15) is 26.4 Å². The summed E-state index contributed by atoms with van der Waals surface area (Å²) in [6.45, 7) is 0. The van der Waals surface area contributed by atoms with Crippen LogP contribution in [-0.2, 0) is 10.1 Å². The van der Waals surface area contributed by atoms with Crippen molar-refractivity contribution in [2.75, 3.05) is 0 Å². The summed E-state index contributed by atoms with van der Waals surface area (Å²) in [7, 11) is -5.82. The van der Waals surface area contributed by atoms with Gasteiger partial charge in [0, 0.05) is 12.1 Å². The second-order valence-corrected chi connectivity index (χ2v) is 5.48. The van der Waals surface area contributed by atoms with Crippen molar-refractivity contribution in [1.82, 2.24) is 4.98 Å². The summed E-state index contributed by atoms with van der Waals surface area (Å²) in [6, 6.07) is 9.80. The normalized spacial score (nSPS) is 12.1. The molecule has 1 aromatic heterocycles. The van der Waals surface area contributed by atoms with Gasteiger partial charge in [-0.3, -0.25) is 4.79 Å². The van der Waals surface area contributed by atoms with Gasteiger partial charge in [0.15, 0.2) is 5.75 Å². The van der Waals surface area contributed by atoms with Gasteiger partial charge in [-0.2, -0.15) is 21.6 Å². The number of pyridine rings is 1. The molecule has 2 rings (SSSR count). The van der Waals surface area contributed by atoms with Gasteiger partial charge in [-0.05, 0) is 5.56 Å². The smallest absolute Gasteiger partial charge is 0.376 e. The molecule has 1 aromatic carbocycles. The monoisotopic (exact) mass is 319 g/mol. The highest BCUT2D eigenvalue weighted by molar-refractivity contribution is 7.88. The van der Waals surface area contributed by atoms with Crippen molar-refractivity contribution in [3.05, 3.63) is 52.8 Å². The van der Waals surface area contributed by atoms with Gasteiger partial charge in [-0.15, -0.1) is 0 Å². The Morgan fingerprint density at radius 2 is 1.67 bits per heavy atom. The van der Waals surface area contributed by atoms with Crippen LogP contribution in [-0.4, -0.2) is 18.9 Å². The quantitative estimate of drug-likeness (QED) is 0.695. The first kappa shape index (κ1) is 15.1. The van der Waals surface area contributed by atoms with Gasteiger partial charge in [0.05, 0.1) is 5.69 Å². The Hall–Kier alpha value is -2.29. The Labute approximate surface area is 117 Å². The molecule has 1 heterocycles. The highest BCUT2D eigenvalue weighted by Crippen LogP contribution is 2.27. The van der Waals surface area contributed by atoms with Crippen LogP contribution >= 0.6 is 0 Å². The molecule has 0 fully saturated rings. The number of halogens is 3. The average molecular weight is 319 g/mol. The molecule has 2 aromatic rings. The molecule has 0 aliphatic heterocycles. The summed E-state index contributed by atoms with van der Waals surface area (Å²) in [4.78, 5) is 13.8. The van der Waals surface area contributed by atoms with Crippen molar-refractivity contribution < 1.29 is 25.8 Å². The molecule has 0 radical (unpaired) electrons. The van der Waals surface area contributed by atoms with Crippen molar-refractivity contribution in [1.29, 1.82) is 0 Å². The second-order valence-electron chi connectivity index (χ2n) is 3.94. The predicted octanol–water partition coefficient (Wildman–Crippen LogP) is 2.27. The SMILES string of the molecule is O=c1cc(OS(=O)(=O)C(F)(F)F)cc(-c2ccccc2)[nH]1. The Kier molecular flexibility index (Phi) is 3.77. The van der Waals surface area contributed by atoms with E-state index in [0.717, 1.165) is 6.07 Å². The molecule has 112 valence electrons. The minimum Gasteiger partial charge on any atom is -0.376 e. The first-order chi connectivity index (χ1) is 9.69. The number of H-pyrrole nitrogens is 1. The Balaban J connectivity index is 2.44. The molecule has 0 saturated carbocycles. The Morgan fingerprint density at radius 3 is 2.24 bits per heavy atom. The fourth-order valence-corrected chi connectivity index (χ4v) is 1.96. The summed E-state index contributed by atoms with van der Waals surface area (Å²) in [5, 5.41) is 0. The highest BCUT2D eigenvalue weighted by atomic mass is 32.2. The van der Waals surface area contributed by atoms with Crippen molar-refractivity contribution in [3.63, 3.8) is 0 Å². The third-order valence-corrected chi connectivity index (χ3v) is 3.37. The Morgan fingerprint density at radius 1 is 1.05 bits per heavy atom. The van der Waals surface area contributed by atoms with Crippen LogP contribution in [0.5, 0.6) is 5.75 Å². The second kappa shape index (κ2) is 5.24. The molecule has 0 amide bonds. The molecule has 0 bridgehead atoms. The van der Waals surface area contributed by atoms with E-state index in [-0.39, 0.29) is 5.69 Å². The lowest BCUT2D eigenvalue weighted by atomic mass is 10.1. The van der Waals surface area contributed by atoms with Crippen molar-refractivity contribution in [3.8, 4) is 17.0 Å². The van der Waals surface area contributed by atoms with Crippen molar-refractivity contribution in [2.24, 2.45) is 0 Å². The summed E-state index contributed by atoms with van der Waals surface area (Å²) in [6.07, 6.45) is 0. The van der Waals surface area contributed by atoms with Crippen molar-refractivity contribution in [2.45, 2.75) is 5.51 Å². The predicted molar refractivity (Wildman–Crippen MR) is 68.1 cm³/mol. The van der Waals surface area contributed by atoms with E-state index in [2.05, 4.69) is 9.17 Å². The van der Waals surface area contributed by atoms with E-state index >= 15 is 0 Å². The van der Waals surface area contributed by atoms with Crippen LogP contribution < -0.4 is 9.74 Å². The summed E-state index contributed by atoms with van der Waals surface area (Å²) >= 11 is 0. The highest BCUT2D eigenvalue weighted by Gasteiger charge is 2.48. The molecule has 0 unspecified atom stereocenters. The summed E-state index contributed by atoms with van der Waals surface area (Å²) in [5.74, 6) is -0.713. The van der Waals surface area contributed by atoms with Crippen LogP contribution in [0.1, 0.15) is 0 Å². The number of aromatic amines is 1. The molecule has 0 saturated heterocycles. The fraction of sp³-hybridized carbons (Fsp3) is 0.0833. The zero-order valence-electron chi connectivity index (χ0n) is 10.2. The zero-order valence-corrected chi connectivity index (χ0v) is 11.0. The number of hydrogen-bond donors (Lipinski definition) is 1. The molecular formula is C12H8F3NO4S. The lowest BCUT2D eigenvalue weighted by Crippen LogP contribution is -2.28. The average Bonchev–Trinajstić information content (AvgIpc) is 2.37. The number of nitrogens with one attached hydrogen (secondary N) is 1. The largest absolute Gasteiger partial charge is 0.534 e. The standard InChI is InChI=1S/C12H8F3NO4S/c13-12(14,15)21(18,19)20-9-6-10(16-11(17)7-9)8-4-2-1-3-5-8/h1-7H,(H,16,17). The lowest BCUT2D eigenvalue weighted by molar-refractivity contribution is -0.0500. The topological polar surface area (TPSA) is 76.2 Å². The van der Waals surface area contributed by atoms with E-state index in [4.69, 9.17) is 0 Å². The zero-order chi connectivity index (χ0) is 15.7. The van der Waals surface area contributed by atoms with E-state index in [0.29, 0.717) is 11.6 Å². The van der Waals surface area contributed by atoms with E-state index in [1.807, 2.05) is 0 Å². The molecule has 0 aliphatic carbocycles. The maximum Gasteiger partial charge on any atom is 0.534 e. The van der Waals surface area contributed by atoms with Gasteiger partial charge >= 0.3 is 15.6 Å². The van der Waals surface area contributed by atoms with Crippen LogP contribution in [0.4, 0.5) is 13.2 Å². The molecular weight excluding hydrogens is 311 g/mol. The van der Waals surface area contributed by atoms with E-state index < -0.39 is 26.9 Å². The van der Waals surface area contributed by atoms with Gasteiger partial charge in [-0.1, -0.05) is 30.3 Å². The van der Waals surface area contributed by atoms with E-state index in [1.165, 1.54) is 0 Å². The first-order valence-electron chi connectivity index (χ1n) is 5.49. The molecule has 0 atom stereocenters. The molecule has 0 aliphatic rings. The summed E-state index contributed by atoms with van der Waals surface area (Å²) in [5.41, 5.74) is -5.73. The van der Waals surface area contributed by atoms with Gasteiger partial charge < -0.3 is 9.17 Å². The first-order valence-corrected chi connectivity index (χ1v) is 6.90. The van der Waals surface area contributed by atoms with Gasteiger partial charge in [0.25, 0.3) is 5.56 Å². The number of alkyl halides is 3. The van der Waals surface area contributed by atoms with Gasteiger partial charge in [0.1, 0.15) is 0 Å². The van der Waals surface area contributed by atoms with Crippen LogP contribution in [0.15, 0.2) is 47.3 Å². The number of rotatable bonds is 3. The minimum absolute atomic E-state index is 0.135. The fourth-order valence-electron chi connectivity index (χ4n) is 1.51. The van der Waals surface area contributed by atoms with Crippen LogP contribution in [0.25, 0.3) is 11.3 Å².